The molecular weight excluding hydrogens is 424 g/mol. The maximum absolute atomic E-state index is 12.9. The fraction of sp³-hybridized carbons (Fsp3) is 0.292. The van der Waals surface area contributed by atoms with Gasteiger partial charge in [0.05, 0.1) is 12.9 Å². The van der Waals surface area contributed by atoms with E-state index in [9.17, 15) is 4.79 Å². The number of hydrogen-bond donors (Lipinski definition) is 0. The lowest BCUT2D eigenvalue weighted by molar-refractivity contribution is -0.116. The Kier molecular flexibility index (Phi) is 8.33. The number of thioether (sulfide) groups is 1. The van der Waals surface area contributed by atoms with Crippen molar-refractivity contribution in [1.29, 1.82) is 0 Å². The summed E-state index contributed by atoms with van der Waals surface area (Å²) in [6.45, 7) is 8.82. The van der Waals surface area contributed by atoms with Crippen LogP contribution in [0.5, 0.6) is 11.5 Å². The molecule has 3 aromatic rings. The first-order valence-corrected chi connectivity index (χ1v) is 11.4. The summed E-state index contributed by atoms with van der Waals surface area (Å²) < 4.78 is 13.4. The van der Waals surface area contributed by atoms with E-state index in [0.29, 0.717) is 35.6 Å². The fourth-order valence-electron chi connectivity index (χ4n) is 3.28. The van der Waals surface area contributed by atoms with Crippen LogP contribution in [0.1, 0.15) is 25.8 Å². The van der Waals surface area contributed by atoms with Gasteiger partial charge in [0.25, 0.3) is 0 Å². The summed E-state index contributed by atoms with van der Waals surface area (Å²) in [5, 5.41) is 9.30. The highest BCUT2D eigenvalue weighted by molar-refractivity contribution is 7.99. The summed E-state index contributed by atoms with van der Waals surface area (Å²) >= 11 is 1.36. The molecule has 0 fully saturated rings. The number of nitrogens with zero attached hydrogens (tertiary/aromatic N) is 4. The van der Waals surface area contributed by atoms with Crippen molar-refractivity contribution >= 4 is 23.4 Å². The molecule has 7 nitrogen and oxygen atoms in total. The average molecular weight is 453 g/mol. The van der Waals surface area contributed by atoms with Crippen molar-refractivity contribution in [3.05, 3.63) is 73.1 Å². The van der Waals surface area contributed by atoms with E-state index < -0.39 is 0 Å². The van der Waals surface area contributed by atoms with E-state index >= 15 is 0 Å². The summed E-state index contributed by atoms with van der Waals surface area (Å²) in [5.41, 5.74) is 0.882. The lowest BCUT2D eigenvalue weighted by Crippen LogP contribution is -2.32. The molecule has 1 unspecified atom stereocenters. The van der Waals surface area contributed by atoms with Gasteiger partial charge in [-0.3, -0.25) is 9.36 Å². The molecule has 0 saturated carbocycles. The highest BCUT2D eigenvalue weighted by atomic mass is 32.2. The SMILES string of the molecule is C=CCn1c(SCC(=O)N(CC)c2ccccc2)nnc1C(C)Oc1ccccc1OC. The van der Waals surface area contributed by atoms with Crippen molar-refractivity contribution < 1.29 is 14.3 Å². The number of benzene rings is 2. The van der Waals surface area contributed by atoms with Gasteiger partial charge in [-0.25, -0.2) is 0 Å². The Morgan fingerprint density at radius 1 is 1.16 bits per heavy atom. The topological polar surface area (TPSA) is 69.5 Å². The second-order valence-corrected chi connectivity index (χ2v) is 7.86. The molecule has 0 aliphatic carbocycles. The van der Waals surface area contributed by atoms with Crippen LogP contribution in [-0.4, -0.2) is 40.1 Å². The van der Waals surface area contributed by atoms with Gasteiger partial charge in [0.1, 0.15) is 0 Å². The first-order chi connectivity index (χ1) is 15.6. The Morgan fingerprint density at radius 3 is 2.50 bits per heavy atom. The molecule has 168 valence electrons. The molecule has 0 aliphatic heterocycles. The Labute approximate surface area is 193 Å². The lowest BCUT2D eigenvalue weighted by Gasteiger charge is -2.21. The summed E-state index contributed by atoms with van der Waals surface area (Å²) in [5.74, 6) is 2.19. The molecule has 0 aliphatic rings. The number of anilines is 1. The number of para-hydroxylation sites is 3. The van der Waals surface area contributed by atoms with Crippen LogP contribution in [0, 0.1) is 0 Å². The van der Waals surface area contributed by atoms with Crippen LogP contribution in [0.4, 0.5) is 5.69 Å². The normalized spacial score (nSPS) is 11.6. The molecule has 0 saturated heterocycles. The van der Waals surface area contributed by atoms with E-state index in [2.05, 4.69) is 16.8 Å². The van der Waals surface area contributed by atoms with E-state index in [1.807, 2.05) is 73.0 Å². The average Bonchev–Trinajstić information content (AvgIpc) is 3.22. The molecular formula is C24H28N4O3S. The van der Waals surface area contributed by atoms with Crippen molar-refractivity contribution in [2.45, 2.75) is 31.7 Å². The van der Waals surface area contributed by atoms with Crippen LogP contribution in [0.3, 0.4) is 0 Å². The molecule has 8 heteroatoms. The van der Waals surface area contributed by atoms with Crippen LogP contribution in [0.15, 0.2) is 72.4 Å². The Balaban J connectivity index is 1.74. The summed E-state index contributed by atoms with van der Waals surface area (Å²) in [6.07, 6.45) is 1.40. The number of hydrogen-bond acceptors (Lipinski definition) is 6. The van der Waals surface area contributed by atoms with Gasteiger partial charge >= 0.3 is 0 Å². The maximum atomic E-state index is 12.9. The van der Waals surface area contributed by atoms with Crippen molar-refractivity contribution in [1.82, 2.24) is 14.8 Å². The van der Waals surface area contributed by atoms with E-state index in [1.54, 1.807) is 18.1 Å². The van der Waals surface area contributed by atoms with Gasteiger partial charge in [-0.1, -0.05) is 48.2 Å². The molecule has 0 bridgehead atoms. The van der Waals surface area contributed by atoms with Crippen LogP contribution in [-0.2, 0) is 11.3 Å². The Hall–Kier alpha value is -3.26. The minimum Gasteiger partial charge on any atom is -0.493 e. The monoisotopic (exact) mass is 452 g/mol. The van der Waals surface area contributed by atoms with Gasteiger partial charge in [0.15, 0.2) is 28.6 Å². The molecule has 2 aromatic carbocycles. The highest BCUT2D eigenvalue weighted by Crippen LogP contribution is 2.31. The summed E-state index contributed by atoms with van der Waals surface area (Å²) in [4.78, 5) is 14.6. The summed E-state index contributed by atoms with van der Waals surface area (Å²) in [6, 6.07) is 17.1. The number of amides is 1. The molecule has 0 N–H and O–H groups in total. The molecule has 3 rings (SSSR count). The maximum Gasteiger partial charge on any atom is 0.237 e. The quantitative estimate of drug-likeness (QED) is 0.309. The number of carbonyl (C=O) groups excluding carboxylic acids is 1. The van der Waals surface area contributed by atoms with Crippen molar-refractivity contribution in [3.63, 3.8) is 0 Å². The predicted molar refractivity (Wildman–Crippen MR) is 127 cm³/mol. The second-order valence-electron chi connectivity index (χ2n) is 6.91. The number of carbonyl (C=O) groups is 1. The van der Waals surface area contributed by atoms with Crippen molar-refractivity contribution in [3.8, 4) is 11.5 Å². The summed E-state index contributed by atoms with van der Waals surface area (Å²) in [7, 11) is 1.61. The van der Waals surface area contributed by atoms with Gasteiger partial charge in [-0.15, -0.1) is 16.8 Å². The fourth-order valence-corrected chi connectivity index (χ4v) is 4.11. The standard InChI is InChI=1S/C24H28N4O3S/c1-5-16-28-23(18(3)31-21-15-11-10-14-20(21)30-4)25-26-24(28)32-17-22(29)27(6-2)19-12-8-7-9-13-19/h5,7-15,18H,1,6,16-17H2,2-4H3. The van der Waals surface area contributed by atoms with Gasteiger partial charge in [0, 0.05) is 18.8 Å². The predicted octanol–water partition coefficient (Wildman–Crippen LogP) is 4.76. The zero-order valence-electron chi connectivity index (χ0n) is 18.6. The van der Waals surface area contributed by atoms with Crippen molar-refractivity contribution in [2.75, 3.05) is 24.3 Å². The van der Waals surface area contributed by atoms with E-state index in [1.165, 1.54) is 11.8 Å². The molecule has 0 radical (unpaired) electrons. The van der Waals surface area contributed by atoms with Crippen LogP contribution in [0.2, 0.25) is 0 Å². The van der Waals surface area contributed by atoms with Crippen LogP contribution < -0.4 is 14.4 Å². The molecule has 1 heterocycles. The Morgan fingerprint density at radius 2 is 1.84 bits per heavy atom. The van der Waals surface area contributed by atoms with Gasteiger partial charge in [0.2, 0.25) is 5.91 Å². The van der Waals surface area contributed by atoms with Crippen LogP contribution >= 0.6 is 11.8 Å². The first-order valence-electron chi connectivity index (χ1n) is 10.4. The number of methoxy groups -OCH3 is 1. The van der Waals surface area contributed by atoms with Crippen LogP contribution in [0.25, 0.3) is 0 Å². The second kappa shape index (κ2) is 11.4. The Bertz CT molecular complexity index is 1040. The van der Waals surface area contributed by atoms with E-state index in [-0.39, 0.29) is 17.8 Å². The largest absolute Gasteiger partial charge is 0.493 e. The van der Waals surface area contributed by atoms with Gasteiger partial charge in [-0.2, -0.15) is 0 Å². The number of allylic oxidation sites excluding steroid dienone is 1. The zero-order valence-corrected chi connectivity index (χ0v) is 19.4. The van der Waals surface area contributed by atoms with E-state index in [4.69, 9.17) is 9.47 Å². The molecule has 32 heavy (non-hydrogen) atoms. The lowest BCUT2D eigenvalue weighted by atomic mass is 10.3. The molecule has 1 atom stereocenters. The number of ether oxygens (including phenoxy) is 2. The van der Waals surface area contributed by atoms with Gasteiger partial charge in [-0.05, 0) is 38.1 Å². The molecule has 1 amide bonds. The number of aromatic nitrogens is 3. The highest BCUT2D eigenvalue weighted by Gasteiger charge is 2.22. The molecule has 0 spiro atoms. The molecule has 1 aromatic heterocycles. The van der Waals surface area contributed by atoms with Crippen molar-refractivity contribution in [2.24, 2.45) is 0 Å². The third-order valence-corrected chi connectivity index (χ3v) is 5.75. The third kappa shape index (κ3) is 5.50. The third-order valence-electron chi connectivity index (χ3n) is 4.80. The van der Waals surface area contributed by atoms with E-state index in [0.717, 1.165) is 5.69 Å². The first kappa shape index (κ1) is 23.4. The minimum absolute atomic E-state index is 0.0109. The van der Waals surface area contributed by atoms with Gasteiger partial charge < -0.3 is 14.4 Å². The number of rotatable bonds is 11. The minimum atomic E-state index is -0.375. The smallest absolute Gasteiger partial charge is 0.237 e. The zero-order chi connectivity index (χ0) is 22.9.